The predicted octanol–water partition coefficient (Wildman–Crippen LogP) is 1.47. The van der Waals surface area contributed by atoms with Crippen LogP contribution in [0.1, 0.15) is 19.8 Å². The topological polar surface area (TPSA) is 67.9 Å². The summed E-state index contributed by atoms with van der Waals surface area (Å²) in [7, 11) is -3.54. The van der Waals surface area contributed by atoms with Crippen molar-refractivity contribution in [1.29, 1.82) is 0 Å². The second kappa shape index (κ2) is 7.07. The molecule has 1 saturated heterocycles. The van der Waals surface area contributed by atoms with Gasteiger partial charge in [0.15, 0.2) is 11.5 Å². The van der Waals surface area contributed by atoms with Gasteiger partial charge in [0.05, 0.1) is 0 Å². The van der Waals surface area contributed by atoms with Crippen molar-refractivity contribution in [3.8, 4) is 11.5 Å². The lowest BCUT2D eigenvalue weighted by Crippen LogP contribution is -2.41. The minimum Gasteiger partial charge on any atom is -0.486 e. The summed E-state index contributed by atoms with van der Waals surface area (Å²) in [6.45, 7) is 5.94. The summed E-state index contributed by atoms with van der Waals surface area (Å²) in [6.07, 6.45) is 1.78. The van der Waals surface area contributed by atoms with Crippen molar-refractivity contribution in [2.75, 3.05) is 39.4 Å². The number of ether oxygens (including phenoxy) is 2. The molecule has 0 amide bonds. The lowest BCUT2D eigenvalue weighted by molar-refractivity contribution is 0.166. The second-order valence-corrected chi connectivity index (χ2v) is 7.84. The Morgan fingerprint density at radius 3 is 2.70 bits per heavy atom. The lowest BCUT2D eigenvalue weighted by atomic mass is 9.98. The van der Waals surface area contributed by atoms with E-state index in [4.69, 9.17) is 9.47 Å². The Balaban J connectivity index is 1.76. The van der Waals surface area contributed by atoms with Crippen LogP contribution in [0.15, 0.2) is 23.1 Å². The van der Waals surface area contributed by atoms with Crippen LogP contribution in [0.5, 0.6) is 11.5 Å². The quantitative estimate of drug-likeness (QED) is 0.879. The van der Waals surface area contributed by atoms with E-state index < -0.39 is 10.0 Å². The summed E-state index contributed by atoms with van der Waals surface area (Å²) in [5.41, 5.74) is 0. The van der Waals surface area contributed by atoms with Crippen LogP contribution in [0.4, 0.5) is 0 Å². The molecule has 0 atom stereocenters. The van der Waals surface area contributed by atoms with Gasteiger partial charge in [-0.05, 0) is 44.0 Å². The van der Waals surface area contributed by atoms with Gasteiger partial charge in [-0.25, -0.2) is 8.42 Å². The van der Waals surface area contributed by atoms with Crippen molar-refractivity contribution in [2.45, 2.75) is 24.7 Å². The molecule has 2 heterocycles. The van der Waals surface area contributed by atoms with Crippen molar-refractivity contribution < 1.29 is 17.9 Å². The number of piperidine rings is 1. The summed E-state index contributed by atoms with van der Waals surface area (Å²) >= 11 is 0. The maximum atomic E-state index is 13.0. The van der Waals surface area contributed by atoms with E-state index in [2.05, 4.69) is 12.2 Å². The molecule has 2 aliphatic rings. The van der Waals surface area contributed by atoms with Gasteiger partial charge in [-0.1, -0.05) is 13.0 Å². The van der Waals surface area contributed by atoms with Gasteiger partial charge in [-0.2, -0.15) is 4.31 Å². The van der Waals surface area contributed by atoms with Gasteiger partial charge in [0.25, 0.3) is 0 Å². The molecule has 3 rings (SSSR count). The van der Waals surface area contributed by atoms with E-state index in [1.54, 1.807) is 22.5 Å². The number of hydrogen-bond donors (Lipinski definition) is 1. The van der Waals surface area contributed by atoms with Gasteiger partial charge in [-0.15, -0.1) is 0 Å². The minimum absolute atomic E-state index is 0.222. The molecule has 0 spiro atoms. The van der Waals surface area contributed by atoms with E-state index in [-0.39, 0.29) is 4.90 Å². The second-order valence-electron chi connectivity index (χ2n) is 5.94. The van der Waals surface area contributed by atoms with E-state index in [0.717, 1.165) is 25.9 Å². The third kappa shape index (κ3) is 3.46. The van der Waals surface area contributed by atoms with Crippen LogP contribution in [0.25, 0.3) is 0 Å². The summed E-state index contributed by atoms with van der Waals surface area (Å²) < 4.78 is 38.5. The molecule has 1 aromatic carbocycles. The van der Waals surface area contributed by atoms with Crippen LogP contribution in [-0.4, -0.2) is 52.1 Å². The number of hydrogen-bond acceptors (Lipinski definition) is 5. The molecular weight excluding hydrogens is 316 g/mol. The Morgan fingerprint density at radius 2 is 1.96 bits per heavy atom. The highest BCUT2D eigenvalue weighted by Gasteiger charge is 2.33. The fraction of sp³-hybridized carbons (Fsp3) is 0.625. The molecule has 0 saturated carbocycles. The third-order valence-electron chi connectivity index (χ3n) is 4.40. The van der Waals surface area contributed by atoms with Gasteiger partial charge in [0, 0.05) is 13.1 Å². The van der Waals surface area contributed by atoms with Crippen molar-refractivity contribution in [2.24, 2.45) is 5.92 Å². The highest BCUT2D eigenvalue weighted by Crippen LogP contribution is 2.38. The zero-order valence-corrected chi connectivity index (χ0v) is 14.3. The van der Waals surface area contributed by atoms with Crippen molar-refractivity contribution in [1.82, 2.24) is 9.62 Å². The third-order valence-corrected chi connectivity index (χ3v) is 6.33. The molecule has 23 heavy (non-hydrogen) atoms. The average Bonchev–Trinajstić information content (AvgIpc) is 2.59. The number of sulfonamides is 1. The first kappa shape index (κ1) is 16.5. The Morgan fingerprint density at radius 1 is 1.22 bits per heavy atom. The van der Waals surface area contributed by atoms with E-state index in [1.807, 2.05) is 0 Å². The highest BCUT2D eigenvalue weighted by molar-refractivity contribution is 7.89. The number of rotatable bonds is 5. The smallest absolute Gasteiger partial charge is 0.246 e. The number of benzene rings is 1. The van der Waals surface area contributed by atoms with E-state index >= 15 is 0 Å². The SMILES string of the molecule is CCNCC1CCN(S(=O)(=O)c2cccc3c2OCCO3)CC1. The maximum Gasteiger partial charge on any atom is 0.246 e. The normalized spacial score (nSPS) is 19.7. The Hall–Kier alpha value is -1.31. The molecule has 0 unspecified atom stereocenters. The van der Waals surface area contributed by atoms with Crippen molar-refractivity contribution in [3.05, 3.63) is 18.2 Å². The standard InChI is InChI=1S/C16H24N2O4S/c1-2-17-12-13-6-8-18(9-7-13)23(19,20)15-5-3-4-14-16(15)22-11-10-21-14/h3-5,13,17H,2,6-12H2,1H3. The first-order chi connectivity index (χ1) is 11.1. The summed E-state index contributed by atoms with van der Waals surface area (Å²) in [5.74, 6) is 1.42. The summed E-state index contributed by atoms with van der Waals surface area (Å²) in [6, 6.07) is 5.06. The highest BCUT2D eigenvalue weighted by atomic mass is 32.2. The summed E-state index contributed by atoms with van der Waals surface area (Å²) in [5, 5.41) is 3.34. The molecule has 0 bridgehead atoms. The molecule has 0 aliphatic carbocycles. The molecule has 128 valence electrons. The van der Waals surface area contributed by atoms with Crippen LogP contribution in [0.2, 0.25) is 0 Å². The number of nitrogens with zero attached hydrogens (tertiary/aromatic N) is 1. The van der Waals surface area contributed by atoms with Gasteiger partial charge < -0.3 is 14.8 Å². The molecular formula is C16H24N2O4S. The molecule has 6 nitrogen and oxygen atoms in total. The van der Waals surface area contributed by atoms with E-state index in [0.29, 0.717) is 43.7 Å². The molecule has 0 aromatic heterocycles. The largest absolute Gasteiger partial charge is 0.486 e. The number of fused-ring (bicyclic) bond motifs is 1. The molecule has 2 aliphatic heterocycles. The first-order valence-electron chi connectivity index (χ1n) is 8.22. The molecule has 0 radical (unpaired) electrons. The fourth-order valence-corrected chi connectivity index (χ4v) is 4.71. The fourth-order valence-electron chi connectivity index (χ4n) is 3.09. The van der Waals surface area contributed by atoms with Crippen LogP contribution < -0.4 is 14.8 Å². The predicted molar refractivity (Wildman–Crippen MR) is 87.5 cm³/mol. The minimum atomic E-state index is -3.54. The van der Waals surface area contributed by atoms with Crippen LogP contribution in [0.3, 0.4) is 0 Å². The zero-order valence-electron chi connectivity index (χ0n) is 13.5. The molecule has 1 fully saturated rings. The Kier molecular flexibility index (Phi) is 5.08. The van der Waals surface area contributed by atoms with Gasteiger partial charge in [0.2, 0.25) is 10.0 Å². The lowest BCUT2D eigenvalue weighted by Gasteiger charge is -2.32. The average molecular weight is 340 g/mol. The van der Waals surface area contributed by atoms with Gasteiger partial charge in [-0.3, -0.25) is 0 Å². The van der Waals surface area contributed by atoms with Crippen LogP contribution in [0, 0.1) is 5.92 Å². The van der Waals surface area contributed by atoms with Crippen LogP contribution >= 0.6 is 0 Å². The molecule has 1 aromatic rings. The Bertz CT molecular complexity index is 639. The molecule has 7 heteroatoms. The van der Waals surface area contributed by atoms with Crippen molar-refractivity contribution >= 4 is 10.0 Å². The molecule has 1 N–H and O–H groups in total. The maximum absolute atomic E-state index is 13.0. The van der Waals surface area contributed by atoms with Crippen molar-refractivity contribution in [3.63, 3.8) is 0 Å². The zero-order chi connectivity index (χ0) is 16.3. The van der Waals surface area contributed by atoms with Gasteiger partial charge >= 0.3 is 0 Å². The van der Waals surface area contributed by atoms with Crippen LogP contribution in [-0.2, 0) is 10.0 Å². The van der Waals surface area contributed by atoms with Gasteiger partial charge in [0.1, 0.15) is 18.1 Å². The monoisotopic (exact) mass is 340 g/mol. The van der Waals surface area contributed by atoms with E-state index in [1.165, 1.54) is 0 Å². The number of nitrogens with one attached hydrogen (secondary N) is 1. The summed E-state index contributed by atoms with van der Waals surface area (Å²) in [4.78, 5) is 0.222. The Labute approximate surface area is 137 Å². The number of para-hydroxylation sites is 1. The first-order valence-corrected chi connectivity index (χ1v) is 9.66. The van der Waals surface area contributed by atoms with E-state index in [9.17, 15) is 8.42 Å².